The van der Waals surface area contributed by atoms with Crippen molar-refractivity contribution in [3.63, 3.8) is 0 Å². The molecule has 0 spiro atoms. The fourth-order valence-electron chi connectivity index (χ4n) is 8.05. The second-order valence-electron chi connectivity index (χ2n) is 15.2. The van der Waals surface area contributed by atoms with Crippen LogP contribution < -0.4 is 10.0 Å². The van der Waals surface area contributed by atoms with Crippen molar-refractivity contribution in [2.75, 3.05) is 22.6 Å². The molecule has 1 unspecified atom stereocenters. The standard InChI is InChI=1S/C55H46N2S/c1-58(2,57-50-35-30-45(31-36-50)41-18-9-4-10-19-41)55-51(48-27-26-46(38-48)42-20-11-5-12-21-42)24-15-25-52(55)53-39-47(43-22-13-6-14-23-43)32-37-54(53)56-49-33-28-44(29-34-49)40-16-7-3-8-17-40/h3-39,48,56-57H,1-2H3. The molecular weight excluding hydrogens is 721 g/mol. The van der Waals surface area contributed by atoms with Crippen LogP contribution in [0.15, 0.2) is 229 Å². The van der Waals surface area contributed by atoms with Crippen molar-refractivity contribution in [3.05, 3.63) is 236 Å². The van der Waals surface area contributed by atoms with Gasteiger partial charge < -0.3 is 10.0 Å². The molecule has 0 aliphatic heterocycles. The van der Waals surface area contributed by atoms with E-state index in [1.807, 2.05) is 0 Å². The number of rotatable bonds is 11. The lowest BCUT2D eigenvalue weighted by Gasteiger charge is -2.38. The molecule has 0 radical (unpaired) electrons. The summed E-state index contributed by atoms with van der Waals surface area (Å²) in [4.78, 5) is 1.34. The van der Waals surface area contributed by atoms with E-state index in [2.05, 4.69) is 247 Å². The van der Waals surface area contributed by atoms with Gasteiger partial charge in [0, 0.05) is 33.4 Å². The molecule has 0 amide bonds. The van der Waals surface area contributed by atoms with Crippen molar-refractivity contribution in [2.24, 2.45) is 0 Å². The molecule has 0 bridgehead atoms. The van der Waals surface area contributed by atoms with Gasteiger partial charge in [0.1, 0.15) is 0 Å². The van der Waals surface area contributed by atoms with Crippen LogP contribution in [-0.2, 0) is 0 Å². The summed E-state index contributed by atoms with van der Waals surface area (Å²) >= 11 is 0. The Morgan fingerprint density at radius 2 is 0.897 bits per heavy atom. The van der Waals surface area contributed by atoms with Gasteiger partial charge in [0.05, 0.1) is 0 Å². The summed E-state index contributed by atoms with van der Waals surface area (Å²) in [6, 6.07) is 74.0. The minimum atomic E-state index is -1.66. The van der Waals surface area contributed by atoms with Gasteiger partial charge in [-0.1, -0.05) is 188 Å². The molecule has 58 heavy (non-hydrogen) atoms. The van der Waals surface area contributed by atoms with Gasteiger partial charge in [-0.2, -0.15) is 0 Å². The Kier molecular flexibility index (Phi) is 10.4. The van der Waals surface area contributed by atoms with Crippen molar-refractivity contribution in [1.82, 2.24) is 0 Å². The number of allylic oxidation sites excluding steroid dienone is 4. The number of hydrogen-bond donors (Lipinski definition) is 2. The lowest BCUT2D eigenvalue weighted by atomic mass is 9.92. The van der Waals surface area contributed by atoms with Crippen LogP contribution >= 0.6 is 10.2 Å². The lowest BCUT2D eigenvalue weighted by molar-refractivity contribution is 1.05. The Labute approximate surface area is 344 Å². The summed E-state index contributed by atoms with van der Waals surface area (Å²) in [6.45, 7) is 0. The number of nitrogens with one attached hydrogen (secondary N) is 2. The summed E-state index contributed by atoms with van der Waals surface area (Å²) in [5.74, 6) is 0.124. The highest BCUT2D eigenvalue weighted by Crippen LogP contribution is 2.57. The molecule has 0 saturated carbocycles. The highest BCUT2D eigenvalue weighted by molar-refractivity contribution is 8.33. The lowest BCUT2D eigenvalue weighted by Crippen LogP contribution is -2.13. The van der Waals surface area contributed by atoms with Gasteiger partial charge in [0.25, 0.3) is 0 Å². The third-order valence-electron chi connectivity index (χ3n) is 10.9. The predicted molar refractivity (Wildman–Crippen MR) is 252 cm³/mol. The van der Waals surface area contributed by atoms with E-state index in [4.69, 9.17) is 0 Å². The van der Waals surface area contributed by atoms with Gasteiger partial charge >= 0.3 is 0 Å². The van der Waals surface area contributed by atoms with E-state index in [9.17, 15) is 0 Å². The maximum Gasteiger partial charge on any atom is 0.0464 e. The van der Waals surface area contributed by atoms with Gasteiger partial charge in [-0.3, -0.25) is 0 Å². The fourth-order valence-corrected chi connectivity index (χ4v) is 10.4. The Bertz CT molecular complexity index is 2700. The summed E-state index contributed by atoms with van der Waals surface area (Å²) < 4.78 is 4.09. The number of hydrogen-bond acceptors (Lipinski definition) is 2. The third-order valence-corrected chi connectivity index (χ3v) is 13.1. The molecular formula is C55H46N2S. The van der Waals surface area contributed by atoms with Crippen LogP contribution in [0.5, 0.6) is 0 Å². The Morgan fingerprint density at radius 3 is 1.47 bits per heavy atom. The molecule has 0 fully saturated rings. The van der Waals surface area contributed by atoms with Crippen molar-refractivity contribution in [2.45, 2.75) is 10.8 Å². The molecule has 2 nitrogen and oxygen atoms in total. The molecule has 9 rings (SSSR count). The van der Waals surface area contributed by atoms with Crippen molar-refractivity contribution >= 4 is 32.8 Å². The fraction of sp³-hybridized carbons (Fsp3) is 0.0545. The average molecular weight is 767 g/mol. The van der Waals surface area contributed by atoms with Crippen LogP contribution in [0.2, 0.25) is 0 Å². The summed E-state index contributed by atoms with van der Waals surface area (Å²) in [5, 5.41) is 3.86. The Hall–Kier alpha value is -6.81. The molecule has 1 aliphatic rings. The maximum atomic E-state index is 4.09. The van der Waals surface area contributed by atoms with Gasteiger partial charge in [0.2, 0.25) is 0 Å². The third kappa shape index (κ3) is 7.91. The average Bonchev–Trinajstić information content (AvgIpc) is 3.79. The zero-order chi connectivity index (χ0) is 39.3. The summed E-state index contributed by atoms with van der Waals surface area (Å²) in [6.07, 6.45) is 11.9. The van der Waals surface area contributed by atoms with Crippen LogP contribution in [0.1, 0.15) is 17.0 Å². The van der Waals surface area contributed by atoms with E-state index in [1.54, 1.807) is 0 Å². The first-order valence-electron chi connectivity index (χ1n) is 19.9. The van der Waals surface area contributed by atoms with Crippen molar-refractivity contribution < 1.29 is 0 Å². The molecule has 8 aromatic rings. The normalized spacial score (nSPS) is 13.8. The summed E-state index contributed by atoms with van der Waals surface area (Å²) in [5.41, 5.74) is 16.6. The zero-order valence-corrected chi connectivity index (χ0v) is 33.7. The highest BCUT2D eigenvalue weighted by Gasteiger charge is 2.28. The van der Waals surface area contributed by atoms with Crippen LogP contribution in [0, 0.1) is 0 Å². The largest absolute Gasteiger partial charge is 0.355 e. The Morgan fingerprint density at radius 1 is 0.414 bits per heavy atom. The van der Waals surface area contributed by atoms with Crippen molar-refractivity contribution in [3.8, 4) is 44.5 Å². The topological polar surface area (TPSA) is 24.1 Å². The first-order chi connectivity index (χ1) is 28.5. The van der Waals surface area contributed by atoms with Crippen LogP contribution in [0.3, 0.4) is 0 Å². The summed E-state index contributed by atoms with van der Waals surface area (Å²) in [7, 11) is -1.66. The van der Waals surface area contributed by atoms with E-state index in [0.717, 1.165) is 17.1 Å². The van der Waals surface area contributed by atoms with E-state index >= 15 is 0 Å². The monoisotopic (exact) mass is 766 g/mol. The molecule has 1 atom stereocenters. The number of anilines is 3. The van der Waals surface area contributed by atoms with Gasteiger partial charge in [-0.25, -0.2) is 0 Å². The minimum Gasteiger partial charge on any atom is -0.355 e. The van der Waals surface area contributed by atoms with Gasteiger partial charge in [-0.05, 0) is 105 Å². The molecule has 0 saturated heterocycles. The second-order valence-corrected chi connectivity index (χ2v) is 18.4. The van der Waals surface area contributed by atoms with E-state index in [-0.39, 0.29) is 5.92 Å². The highest BCUT2D eigenvalue weighted by atomic mass is 32.3. The molecule has 282 valence electrons. The molecule has 0 heterocycles. The van der Waals surface area contributed by atoms with E-state index in [1.165, 1.54) is 66.1 Å². The van der Waals surface area contributed by atoms with Gasteiger partial charge in [-0.15, -0.1) is 10.2 Å². The quantitative estimate of drug-likeness (QED) is 0.137. The van der Waals surface area contributed by atoms with Crippen LogP contribution in [0.25, 0.3) is 50.1 Å². The molecule has 1 aliphatic carbocycles. The molecule has 8 aromatic carbocycles. The first-order valence-corrected chi connectivity index (χ1v) is 22.3. The van der Waals surface area contributed by atoms with Crippen LogP contribution in [-0.4, -0.2) is 12.5 Å². The van der Waals surface area contributed by atoms with Crippen molar-refractivity contribution in [1.29, 1.82) is 0 Å². The Balaban J connectivity index is 1.17. The van der Waals surface area contributed by atoms with E-state index < -0.39 is 10.2 Å². The molecule has 2 N–H and O–H groups in total. The molecule has 0 aromatic heterocycles. The molecule has 3 heteroatoms. The maximum absolute atomic E-state index is 4.09. The van der Waals surface area contributed by atoms with Crippen LogP contribution in [0.4, 0.5) is 17.1 Å². The predicted octanol–water partition coefficient (Wildman–Crippen LogP) is 15.3. The first kappa shape index (κ1) is 36.8. The minimum absolute atomic E-state index is 0.124. The van der Waals surface area contributed by atoms with E-state index in [0.29, 0.717) is 0 Å². The smallest absolute Gasteiger partial charge is 0.0464 e. The SMILES string of the molecule is CS(C)(Nc1ccc(-c2ccccc2)cc1)c1c(-c2cc(-c3ccccc3)ccc2Nc2ccc(-c3ccccc3)cc2)cccc1C1C=CC(c2ccccc2)=C1. The zero-order valence-electron chi connectivity index (χ0n) is 32.8. The van der Waals surface area contributed by atoms with Gasteiger partial charge in [0.15, 0.2) is 0 Å². The second kappa shape index (κ2) is 16.3. The number of benzene rings is 8.